The number of aliphatic carboxylic acids is 1. The van der Waals surface area contributed by atoms with Crippen LogP contribution < -0.4 is 10.0 Å². The minimum absolute atomic E-state index is 0.122. The monoisotopic (exact) mass is 346 g/mol. The maximum atomic E-state index is 12.8. The number of carbonyl (C=O) groups is 2. The molecule has 0 heterocycles. The fourth-order valence-electron chi connectivity index (χ4n) is 1.66. The number of carbonyl (C=O) groups excluding carboxylic acids is 1. The SMILES string of the molecule is CCC(C)(NC(=O)CCNS(=O)(=O)c1ccc(F)cc1)C(=O)O. The highest BCUT2D eigenvalue weighted by atomic mass is 32.2. The van der Waals surface area contributed by atoms with Crippen LogP contribution in [-0.4, -0.2) is 37.5 Å². The van der Waals surface area contributed by atoms with Crippen LogP contribution in [0.15, 0.2) is 29.2 Å². The minimum atomic E-state index is -3.85. The van der Waals surface area contributed by atoms with E-state index in [2.05, 4.69) is 10.0 Å². The van der Waals surface area contributed by atoms with Crippen LogP contribution in [-0.2, 0) is 19.6 Å². The van der Waals surface area contributed by atoms with Crippen LogP contribution in [0.5, 0.6) is 0 Å². The topological polar surface area (TPSA) is 113 Å². The molecule has 7 nitrogen and oxygen atoms in total. The van der Waals surface area contributed by atoms with Gasteiger partial charge in [0, 0.05) is 13.0 Å². The number of hydrogen-bond acceptors (Lipinski definition) is 4. The number of nitrogens with one attached hydrogen (secondary N) is 2. The third kappa shape index (κ3) is 5.29. The van der Waals surface area contributed by atoms with E-state index in [-0.39, 0.29) is 24.3 Å². The summed E-state index contributed by atoms with van der Waals surface area (Å²) in [6.45, 7) is 2.78. The molecule has 0 bridgehead atoms. The van der Waals surface area contributed by atoms with Crippen molar-refractivity contribution in [3.63, 3.8) is 0 Å². The lowest BCUT2D eigenvalue weighted by atomic mass is 9.99. The van der Waals surface area contributed by atoms with Gasteiger partial charge in [-0.05, 0) is 37.6 Å². The first-order valence-corrected chi connectivity index (χ1v) is 8.38. The highest BCUT2D eigenvalue weighted by molar-refractivity contribution is 7.89. The first-order valence-electron chi connectivity index (χ1n) is 6.90. The third-order valence-electron chi connectivity index (χ3n) is 3.36. The molecule has 0 radical (unpaired) electrons. The summed E-state index contributed by atoms with van der Waals surface area (Å²) in [4.78, 5) is 22.7. The van der Waals surface area contributed by atoms with E-state index in [1.165, 1.54) is 6.92 Å². The summed E-state index contributed by atoms with van der Waals surface area (Å²) in [6, 6.07) is 4.24. The summed E-state index contributed by atoms with van der Waals surface area (Å²) < 4.78 is 38.8. The number of halogens is 1. The molecule has 3 N–H and O–H groups in total. The molecule has 1 amide bonds. The fourth-order valence-corrected chi connectivity index (χ4v) is 2.69. The zero-order chi connectivity index (χ0) is 17.7. The van der Waals surface area contributed by atoms with Gasteiger partial charge in [0.1, 0.15) is 11.4 Å². The van der Waals surface area contributed by atoms with Gasteiger partial charge in [-0.25, -0.2) is 22.3 Å². The van der Waals surface area contributed by atoms with Crippen molar-refractivity contribution < 1.29 is 27.5 Å². The van der Waals surface area contributed by atoms with Crippen molar-refractivity contribution in [1.82, 2.24) is 10.0 Å². The molecule has 0 fully saturated rings. The first kappa shape index (κ1) is 19.0. The van der Waals surface area contributed by atoms with Crippen LogP contribution in [0.2, 0.25) is 0 Å². The van der Waals surface area contributed by atoms with Gasteiger partial charge < -0.3 is 10.4 Å². The average Bonchev–Trinajstić information content (AvgIpc) is 2.47. The molecule has 9 heteroatoms. The Labute approximate surface area is 133 Å². The molecule has 0 aromatic heterocycles. The highest BCUT2D eigenvalue weighted by Crippen LogP contribution is 2.11. The molecule has 0 saturated heterocycles. The highest BCUT2D eigenvalue weighted by Gasteiger charge is 2.32. The molecular formula is C14H19FN2O5S. The molecule has 1 rings (SSSR count). The minimum Gasteiger partial charge on any atom is -0.480 e. The largest absolute Gasteiger partial charge is 0.480 e. The molecule has 1 unspecified atom stereocenters. The van der Waals surface area contributed by atoms with Crippen LogP contribution in [0.1, 0.15) is 26.7 Å². The van der Waals surface area contributed by atoms with Gasteiger partial charge in [0.15, 0.2) is 0 Å². The van der Waals surface area contributed by atoms with Gasteiger partial charge in [-0.15, -0.1) is 0 Å². The van der Waals surface area contributed by atoms with Crippen molar-refractivity contribution >= 4 is 21.9 Å². The summed E-state index contributed by atoms with van der Waals surface area (Å²) in [5.41, 5.74) is -1.40. The predicted molar refractivity (Wildman–Crippen MR) is 80.7 cm³/mol. The van der Waals surface area contributed by atoms with Crippen molar-refractivity contribution in [2.24, 2.45) is 0 Å². The first-order chi connectivity index (χ1) is 10.6. The van der Waals surface area contributed by atoms with Crippen molar-refractivity contribution in [1.29, 1.82) is 0 Å². The molecule has 1 atom stereocenters. The van der Waals surface area contributed by atoms with Crippen LogP contribution in [0.3, 0.4) is 0 Å². The number of sulfonamides is 1. The maximum Gasteiger partial charge on any atom is 0.329 e. The normalized spacial score (nSPS) is 14.0. The summed E-state index contributed by atoms with van der Waals surface area (Å²) in [5, 5.41) is 11.4. The number of rotatable bonds is 8. The fraction of sp³-hybridized carbons (Fsp3) is 0.429. The smallest absolute Gasteiger partial charge is 0.329 e. The summed E-state index contributed by atoms with van der Waals surface area (Å²) >= 11 is 0. The Morgan fingerprint density at radius 2 is 1.83 bits per heavy atom. The second-order valence-corrected chi connectivity index (χ2v) is 6.91. The van der Waals surface area contributed by atoms with E-state index in [0.29, 0.717) is 0 Å². The molecule has 0 aliphatic rings. The molecule has 1 aromatic rings. The Balaban J connectivity index is 2.57. The predicted octanol–water partition coefficient (Wildman–Crippen LogP) is 0.864. The number of carboxylic acids is 1. The van der Waals surface area contributed by atoms with Gasteiger partial charge >= 0.3 is 5.97 Å². The maximum absolute atomic E-state index is 12.8. The van der Waals surface area contributed by atoms with Crippen LogP contribution in [0.25, 0.3) is 0 Å². The van der Waals surface area contributed by atoms with E-state index in [4.69, 9.17) is 5.11 Å². The van der Waals surface area contributed by atoms with Gasteiger partial charge in [0.2, 0.25) is 15.9 Å². The van der Waals surface area contributed by atoms with Gasteiger partial charge in [-0.3, -0.25) is 4.79 Å². The number of benzene rings is 1. The van der Waals surface area contributed by atoms with Gasteiger partial charge in [-0.2, -0.15) is 0 Å². The third-order valence-corrected chi connectivity index (χ3v) is 4.84. The second kappa shape index (κ2) is 7.51. The zero-order valence-electron chi connectivity index (χ0n) is 12.8. The van der Waals surface area contributed by atoms with Crippen molar-refractivity contribution in [3.8, 4) is 0 Å². The molecule has 128 valence electrons. The molecule has 0 aliphatic carbocycles. The Hall–Kier alpha value is -2.00. The standard InChI is InChI=1S/C14H19FN2O5S/c1-3-14(2,13(19)20)17-12(18)8-9-16-23(21,22)11-6-4-10(15)5-7-11/h4-7,16H,3,8-9H2,1-2H3,(H,17,18)(H,19,20). The lowest BCUT2D eigenvalue weighted by Gasteiger charge is -2.24. The quantitative estimate of drug-likeness (QED) is 0.646. The van der Waals surface area contributed by atoms with Crippen LogP contribution in [0, 0.1) is 5.82 Å². The van der Waals surface area contributed by atoms with E-state index in [9.17, 15) is 22.4 Å². The molecule has 0 saturated carbocycles. The Morgan fingerprint density at radius 1 is 1.26 bits per heavy atom. The lowest BCUT2D eigenvalue weighted by molar-refractivity contribution is -0.147. The van der Waals surface area contributed by atoms with E-state index < -0.39 is 33.3 Å². The van der Waals surface area contributed by atoms with Gasteiger partial charge in [0.05, 0.1) is 4.90 Å². The zero-order valence-corrected chi connectivity index (χ0v) is 13.6. The second-order valence-electron chi connectivity index (χ2n) is 5.14. The van der Waals surface area contributed by atoms with E-state index in [0.717, 1.165) is 24.3 Å². The summed E-state index contributed by atoms with van der Waals surface area (Å²) in [7, 11) is -3.85. The number of hydrogen-bond donors (Lipinski definition) is 3. The number of carboxylic acid groups (broad SMARTS) is 1. The van der Waals surface area contributed by atoms with Gasteiger partial charge in [0.25, 0.3) is 0 Å². The Morgan fingerprint density at radius 3 is 2.30 bits per heavy atom. The van der Waals surface area contributed by atoms with Crippen LogP contribution in [0.4, 0.5) is 4.39 Å². The average molecular weight is 346 g/mol. The lowest BCUT2D eigenvalue weighted by Crippen LogP contribution is -2.52. The molecule has 0 spiro atoms. The summed E-state index contributed by atoms with van der Waals surface area (Å²) in [6.07, 6.45) is -0.0291. The van der Waals surface area contributed by atoms with E-state index in [1.807, 2.05) is 0 Å². The molecular weight excluding hydrogens is 327 g/mol. The summed E-state index contributed by atoms with van der Waals surface area (Å²) in [5.74, 6) is -2.31. The van der Waals surface area contributed by atoms with Crippen molar-refractivity contribution in [3.05, 3.63) is 30.1 Å². The Kier molecular flexibility index (Phi) is 6.22. The molecule has 23 heavy (non-hydrogen) atoms. The van der Waals surface area contributed by atoms with Crippen LogP contribution >= 0.6 is 0 Å². The van der Waals surface area contributed by atoms with Crippen molar-refractivity contribution in [2.45, 2.75) is 37.1 Å². The number of amides is 1. The van der Waals surface area contributed by atoms with E-state index in [1.54, 1.807) is 6.92 Å². The van der Waals surface area contributed by atoms with Gasteiger partial charge in [-0.1, -0.05) is 6.92 Å². The van der Waals surface area contributed by atoms with E-state index >= 15 is 0 Å². The Bertz CT molecular complexity index is 675. The van der Waals surface area contributed by atoms with Crippen molar-refractivity contribution in [2.75, 3.05) is 6.54 Å². The molecule has 0 aliphatic heterocycles. The molecule has 1 aromatic carbocycles.